The van der Waals surface area contributed by atoms with Crippen LogP contribution in [0.4, 0.5) is 5.13 Å². The summed E-state index contributed by atoms with van der Waals surface area (Å²) >= 11 is 3.04. The normalized spacial score (nSPS) is 18.6. The van der Waals surface area contributed by atoms with Crippen LogP contribution in [0.3, 0.4) is 0 Å². The molecule has 2 aromatic rings. The Balaban J connectivity index is 1.70. The monoisotopic (exact) mass is 411 g/mol. The van der Waals surface area contributed by atoms with Crippen LogP contribution in [0, 0.1) is 12.8 Å². The van der Waals surface area contributed by atoms with Gasteiger partial charge >= 0.3 is 0 Å². The topological polar surface area (TPSA) is 79.4 Å². The van der Waals surface area contributed by atoms with E-state index >= 15 is 0 Å². The molecule has 1 aromatic carbocycles. The third kappa shape index (κ3) is 4.11. The van der Waals surface area contributed by atoms with Gasteiger partial charge < -0.3 is 5.32 Å². The summed E-state index contributed by atoms with van der Waals surface area (Å²) in [5.41, 5.74) is 0.898. The number of benzene rings is 1. The average Bonchev–Trinajstić information content (AvgIpc) is 3.01. The summed E-state index contributed by atoms with van der Waals surface area (Å²) in [7, 11) is -3.57. The molecule has 9 heteroatoms. The summed E-state index contributed by atoms with van der Waals surface area (Å²) in [4.78, 5) is 17.2. The number of thioether (sulfide) groups is 1. The van der Waals surface area contributed by atoms with Crippen LogP contribution in [0.1, 0.15) is 18.5 Å². The summed E-state index contributed by atoms with van der Waals surface area (Å²) < 4.78 is 28.0. The smallest absolute Gasteiger partial charge is 0.243 e. The highest BCUT2D eigenvalue weighted by Gasteiger charge is 2.33. The highest BCUT2D eigenvalue weighted by Crippen LogP contribution is 2.31. The molecule has 1 atom stereocenters. The van der Waals surface area contributed by atoms with Crippen LogP contribution in [0.15, 0.2) is 39.4 Å². The highest BCUT2D eigenvalue weighted by molar-refractivity contribution is 8.00. The fourth-order valence-corrected chi connectivity index (χ4v) is 6.11. The molecule has 0 bridgehead atoms. The van der Waals surface area contributed by atoms with Gasteiger partial charge in [-0.2, -0.15) is 4.31 Å². The quantitative estimate of drug-likeness (QED) is 0.764. The molecular weight excluding hydrogens is 390 g/mol. The van der Waals surface area contributed by atoms with Crippen molar-refractivity contribution in [2.24, 2.45) is 5.92 Å². The van der Waals surface area contributed by atoms with E-state index in [1.807, 2.05) is 13.2 Å². The van der Waals surface area contributed by atoms with Crippen molar-refractivity contribution in [2.75, 3.05) is 24.7 Å². The first-order chi connectivity index (χ1) is 12.4. The molecule has 0 spiro atoms. The van der Waals surface area contributed by atoms with E-state index in [0.29, 0.717) is 24.5 Å². The largest absolute Gasteiger partial charge is 0.302 e. The van der Waals surface area contributed by atoms with E-state index in [4.69, 9.17) is 0 Å². The number of sulfonamides is 1. The van der Waals surface area contributed by atoms with Gasteiger partial charge in [-0.3, -0.25) is 4.79 Å². The Bertz CT molecular complexity index is 881. The van der Waals surface area contributed by atoms with Crippen molar-refractivity contribution in [1.29, 1.82) is 0 Å². The Hall–Kier alpha value is -1.42. The average molecular weight is 412 g/mol. The lowest BCUT2D eigenvalue weighted by atomic mass is 9.99. The zero-order valence-electron chi connectivity index (χ0n) is 14.6. The standard InChI is InChI=1S/C17H21N3O3S3/c1-12-16(24-2)25-17(18-12)19-15(21)13-7-6-10-20(11-13)26(22,23)14-8-4-3-5-9-14/h3-5,8-9,13H,6-7,10-11H2,1-2H3,(H,18,19,21). The van der Waals surface area contributed by atoms with Crippen LogP contribution >= 0.6 is 23.1 Å². The predicted molar refractivity (Wildman–Crippen MR) is 105 cm³/mol. The van der Waals surface area contributed by atoms with Gasteiger partial charge in [0, 0.05) is 13.1 Å². The Labute approximate surface area is 162 Å². The number of nitrogens with zero attached hydrogens (tertiary/aromatic N) is 2. The fraction of sp³-hybridized carbons (Fsp3) is 0.412. The zero-order valence-corrected chi connectivity index (χ0v) is 17.1. The van der Waals surface area contributed by atoms with Gasteiger partial charge in [0.2, 0.25) is 15.9 Å². The molecule has 1 N–H and O–H groups in total. The molecule has 0 saturated carbocycles. The number of aromatic nitrogens is 1. The molecule has 6 nitrogen and oxygen atoms in total. The fourth-order valence-electron chi connectivity index (χ4n) is 2.95. The second kappa shape index (κ2) is 8.08. The number of thiazole rings is 1. The number of hydrogen-bond acceptors (Lipinski definition) is 6. The number of aryl methyl sites for hydroxylation is 1. The van der Waals surface area contributed by atoms with Gasteiger partial charge in [-0.25, -0.2) is 13.4 Å². The van der Waals surface area contributed by atoms with E-state index in [2.05, 4.69) is 10.3 Å². The van der Waals surface area contributed by atoms with Crippen molar-refractivity contribution >= 4 is 44.2 Å². The number of carbonyl (C=O) groups excluding carboxylic acids is 1. The first-order valence-corrected chi connectivity index (χ1v) is 11.8. The third-order valence-corrected chi connectivity index (χ3v) is 8.47. The SMILES string of the molecule is CSc1sc(NC(=O)C2CCCN(S(=O)(=O)c3ccccc3)C2)nc1C. The maximum absolute atomic E-state index is 12.8. The Kier molecular flexibility index (Phi) is 6.01. The van der Waals surface area contributed by atoms with Gasteiger partial charge in [0.25, 0.3) is 0 Å². The van der Waals surface area contributed by atoms with E-state index < -0.39 is 10.0 Å². The van der Waals surface area contributed by atoms with E-state index in [1.165, 1.54) is 15.6 Å². The second-order valence-corrected chi connectivity index (χ2v) is 10.1. The number of carbonyl (C=O) groups is 1. The maximum Gasteiger partial charge on any atom is 0.243 e. The lowest BCUT2D eigenvalue weighted by molar-refractivity contribution is -0.120. The van der Waals surface area contributed by atoms with Gasteiger partial charge in [-0.05, 0) is 38.2 Å². The van der Waals surface area contributed by atoms with E-state index in [1.54, 1.807) is 42.1 Å². The van der Waals surface area contributed by atoms with Crippen molar-refractivity contribution in [3.63, 3.8) is 0 Å². The summed E-state index contributed by atoms with van der Waals surface area (Å²) in [5.74, 6) is -0.538. The van der Waals surface area contributed by atoms with E-state index in [-0.39, 0.29) is 23.3 Å². The van der Waals surface area contributed by atoms with Crippen molar-refractivity contribution in [3.05, 3.63) is 36.0 Å². The molecule has 26 heavy (non-hydrogen) atoms. The number of amides is 1. The molecule has 1 aromatic heterocycles. The van der Waals surface area contributed by atoms with Crippen LogP contribution in [0.25, 0.3) is 0 Å². The lowest BCUT2D eigenvalue weighted by Gasteiger charge is -2.31. The summed E-state index contributed by atoms with van der Waals surface area (Å²) in [6.45, 7) is 2.55. The number of anilines is 1. The molecule has 1 aliphatic heterocycles. The molecule has 1 amide bonds. The summed E-state index contributed by atoms with van der Waals surface area (Å²) in [6.07, 6.45) is 3.31. The number of piperidine rings is 1. The predicted octanol–water partition coefficient (Wildman–Crippen LogP) is 3.21. The van der Waals surface area contributed by atoms with Crippen LogP contribution in [0.5, 0.6) is 0 Å². The van der Waals surface area contributed by atoms with Crippen LogP contribution in [-0.2, 0) is 14.8 Å². The lowest BCUT2D eigenvalue weighted by Crippen LogP contribution is -2.43. The minimum absolute atomic E-state index is 0.167. The molecule has 3 rings (SSSR count). The van der Waals surface area contributed by atoms with Crippen molar-refractivity contribution < 1.29 is 13.2 Å². The second-order valence-electron chi connectivity index (χ2n) is 6.10. The molecule has 1 saturated heterocycles. The summed E-state index contributed by atoms with van der Waals surface area (Å²) in [6, 6.07) is 8.36. The van der Waals surface area contributed by atoms with Gasteiger partial charge in [0.15, 0.2) is 5.13 Å². The van der Waals surface area contributed by atoms with E-state index in [9.17, 15) is 13.2 Å². The summed E-state index contributed by atoms with van der Waals surface area (Å²) in [5, 5.41) is 3.42. The van der Waals surface area contributed by atoms with Crippen molar-refractivity contribution in [3.8, 4) is 0 Å². The first-order valence-electron chi connectivity index (χ1n) is 8.29. The van der Waals surface area contributed by atoms with Crippen molar-refractivity contribution in [1.82, 2.24) is 9.29 Å². The number of nitrogens with one attached hydrogen (secondary N) is 1. The van der Waals surface area contributed by atoms with Gasteiger partial charge in [0.1, 0.15) is 0 Å². The van der Waals surface area contributed by atoms with Crippen molar-refractivity contribution in [2.45, 2.75) is 28.9 Å². The third-order valence-electron chi connectivity index (χ3n) is 4.31. The Morgan fingerprint density at radius 3 is 2.73 bits per heavy atom. The maximum atomic E-state index is 12.8. The molecule has 0 aliphatic carbocycles. The van der Waals surface area contributed by atoms with Crippen LogP contribution < -0.4 is 5.32 Å². The molecule has 140 valence electrons. The van der Waals surface area contributed by atoms with Crippen LogP contribution in [0.2, 0.25) is 0 Å². The minimum atomic E-state index is -3.57. The molecule has 1 aliphatic rings. The molecular formula is C17H21N3O3S3. The Morgan fingerprint density at radius 1 is 1.35 bits per heavy atom. The van der Waals surface area contributed by atoms with E-state index in [0.717, 1.165) is 9.90 Å². The highest BCUT2D eigenvalue weighted by atomic mass is 32.2. The Morgan fingerprint density at radius 2 is 2.08 bits per heavy atom. The molecule has 2 heterocycles. The van der Waals surface area contributed by atoms with Gasteiger partial charge in [0.05, 0.1) is 20.7 Å². The molecule has 0 radical (unpaired) electrons. The van der Waals surface area contributed by atoms with Crippen LogP contribution in [-0.4, -0.2) is 43.0 Å². The first kappa shape index (κ1) is 19.3. The number of rotatable bonds is 5. The molecule has 1 unspecified atom stereocenters. The van der Waals surface area contributed by atoms with Gasteiger partial charge in [-0.15, -0.1) is 11.8 Å². The minimum Gasteiger partial charge on any atom is -0.302 e. The molecule has 1 fully saturated rings. The zero-order chi connectivity index (χ0) is 18.7. The number of hydrogen-bond donors (Lipinski definition) is 1. The van der Waals surface area contributed by atoms with Gasteiger partial charge in [-0.1, -0.05) is 29.5 Å².